The molecule has 150 valence electrons. The minimum Gasteiger partial charge on any atom is -0.492 e. The Hall–Kier alpha value is -2.93. The largest absolute Gasteiger partial charge is 0.492 e. The molecule has 0 unspecified atom stereocenters. The van der Waals surface area contributed by atoms with Crippen molar-refractivity contribution < 1.29 is 9.47 Å². The lowest BCUT2D eigenvalue weighted by atomic mass is 9.79. The third kappa shape index (κ3) is 3.70. The summed E-state index contributed by atoms with van der Waals surface area (Å²) >= 11 is 0. The van der Waals surface area contributed by atoms with E-state index in [2.05, 4.69) is 38.1 Å². The zero-order valence-corrected chi connectivity index (χ0v) is 16.4. The minimum atomic E-state index is -0.193. The molecule has 1 fully saturated rings. The van der Waals surface area contributed by atoms with E-state index in [4.69, 9.17) is 9.47 Å². The number of hydrogen-bond acceptors (Lipinski definition) is 6. The molecule has 1 spiro atoms. The number of ether oxygens (including phenoxy) is 2. The van der Waals surface area contributed by atoms with E-state index in [0.29, 0.717) is 6.61 Å². The molecule has 0 bridgehead atoms. The van der Waals surface area contributed by atoms with Crippen molar-refractivity contribution in [1.82, 2.24) is 19.5 Å². The first kappa shape index (κ1) is 18.1. The van der Waals surface area contributed by atoms with Crippen LogP contribution in [0.4, 0.5) is 5.82 Å². The van der Waals surface area contributed by atoms with Crippen LogP contribution in [0.2, 0.25) is 0 Å². The quantitative estimate of drug-likeness (QED) is 0.666. The van der Waals surface area contributed by atoms with Gasteiger partial charge in [-0.05, 0) is 42.5 Å². The zero-order valence-electron chi connectivity index (χ0n) is 16.4. The van der Waals surface area contributed by atoms with Gasteiger partial charge < -0.3 is 18.9 Å². The first-order valence-electron chi connectivity index (χ1n) is 10.2. The number of fused-ring (bicyclic) bond motifs is 2. The maximum Gasteiger partial charge on any atom is 0.147 e. The van der Waals surface area contributed by atoms with E-state index >= 15 is 0 Å². The number of rotatable bonds is 5. The fourth-order valence-corrected chi connectivity index (χ4v) is 4.40. The van der Waals surface area contributed by atoms with Gasteiger partial charge in [0.1, 0.15) is 18.2 Å². The van der Waals surface area contributed by atoms with Gasteiger partial charge in [-0.2, -0.15) is 0 Å². The summed E-state index contributed by atoms with van der Waals surface area (Å²) < 4.78 is 14.4. The molecular formula is C22H25N5O2. The van der Waals surface area contributed by atoms with Gasteiger partial charge in [0.2, 0.25) is 0 Å². The number of piperidine rings is 1. The van der Waals surface area contributed by atoms with Crippen LogP contribution >= 0.6 is 0 Å². The van der Waals surface area contributed by atoms with Crippen molar-refractivity contribution in [2.24, 2.45) is 0 Å². The Morgan fingerprint density at radius 1 is 1.10 bits per heavy atom. The fraction of sp³-hybridized carbons (Fsp3) is 0.409. The van der Waals surface area contributed by atoms with Crippen LogP contribution in [-0.2, 0) is 23.3 Å². The lowest BCUT2D eigenvalue weighted by molar-refractivity contribution is -0.0767. The molecule has 0 saturated carbocycles. The first-order valence-corrected chi connectivity index (χ1v) is 10.2. The van der Waals surface area contributed by atoms with Gasteiger partial charge in [0.05, 0.1) is 31.3 Å². The van der Waals surface area contributed by atoms with Crippen LogP contribution in [0.15, 0.2) is 55.5 Å². The number of hydrogen-bond donors (Lipinski definition) is 0. The SMILES string of the molecule is c1cnc(N2CCC3(CC2)OCCc2cc(OCCn4ccnc4)ccc23)cn1. The molecule has 3 aromatic rings. The van der Waals surface area contributed by atoms with E-state index in [1.54, 1.807) is 18.6 Å². The second-order valence-corrected chi connectivity index (χ2v) is 7.61. The summed E-state index contributed by atoms with van der Waals surface area (Å²) in [5.74, 6) is 1.87. The predicted molar refractivity (Wildman–Crippen MR) is 109 cm³/mol. The molecule has 29 heavy (non-hydrogen) atoms. The van der Waals surface area contributed by atoms with Crippen molar-refractivity contribution in [3.63, 3.8) is 0 Å². The standard InChI is InChI=1S/C22H25N5O2/c1-2-20-18(15-19(1)28-14-12-26-11-8-24-17-26)3-13-29-22(20)4-9-27(10-5-22)21-16-23-6-7-25-21/h1-2,6-8,11,15-17H,3-5,9-10,12-14H2. The second-order valence-electron chi connectivity index (χ2n) is 7.61. The molecule has 1 aromatic carbocycles. The maximum atomic E-state index is 6.37. The first-order chi connectivity index (χ1) is 14.3. The topological polar surface area (TPSA) is 65.3 Å². The molecule has 2 aliphatic rings. The highest BCUT2D eigenvalue weighted by molar-refractivity contribution is 5.43. The number of nitrogens with zero attached hydrogens (tertiary/aromatic N) is 5. The average Bonchev–Trinajstić information content (AvgIpc) is 3.29. The Kier molecular flexibility index (Phi) is 4.89. The Labute approximate surface area is 170 Å². The molecule has 2 aliphatic heterocycles. The molecule has 4 heterocycles. The monoisotopic (exact) mass is 391 g/mol. The normalized spacial score (nSPS) is 17.9. The van der Waals surface area contributed by atoms with Crippen molar-refractivity contribution in [2.75, 3.05) is 31.2 Å². The van der Waals surface area contributed by atoms with Crippen molar-refractivity contribution in [1.29, 1.82) is 0 Å². The summed E-state index contributed by atoms with van der Waals surface area (Å²) in [6.07, 6.45) is 13.7. The maximum absolute atomic E-state index is 6.37. The lowest BCUT2D eigenvalue weighted by Crippen LogP contribution is -2.46. The van der Waals surface area contributed by atoms with Gasteiger partial charge in [-0.1, -0.05) is 6.07 Å². The van der Waals surface area contributed by atoms with Crippen LogP contribution in [0.5, 0.6) is 5.75 Å². The molecule has 0 amide bonds. The molecule has 1 saturated heterocycles. The third-order valence-electron chi connectivity index (χ3n) is 5.94. The van der Waals surface area contributed by atoms with Crippen LogP contribution < -0.4 is 9.64 Å². The van der Waals surface area contributed by atoms with Crippen LogP contribution in [0, 0.1) is 0 Å². The summed E-state index contributed by atoms with van der Waals surface area (Å²) in [7, 11) is 0. The van der Waals surface area contributed by atoms with Gasteiger partial charge in [0, 0.05) is 37.9 Å². The van der Waals surface area contributed by atoms with E-state index in [0.717, 1.165) is 57.1 Å². The van der Waals surface area contributed by atoms with Gasteiger partial charge in [-0.25, -0.2) is 9.97 Å². The summed E-state index contributed by atoms with van der Waals surface area (Å²) in [5, 5.41) is 0. The van der Waals surface area contributed by atoms with E-state index in [9.17, 15) is 0 Å². The van der Waals surface area contributed by atoms with E-state index in [1.165, 1.54) is 11.1 Å². The highest BCUT2D eigenvalue weighted by Crippen LogP contribution is 2.42. The zero-order chi connectivity index (χ0) is 19.5. The molecule has 2 aromatic heterocycles. The van der Waals surface area contributed by atoms with Crippen molar-refractivity contribution >= 4 is 5.82 Å². The van der Waals surface area contributed by atoms with Crippen LogP contribution in [0.25, 0.3) is 0 Å². The van der Waals surface area contributed by atoms with Crippen LogP contribution in [0.3, 0.4) is 0 Å². The molecule has 7 nitrogen and oxygen atoms in total. The Balaban J connectivity index is 1.27. The number of aromatic nitrogens is 4. The highest BCUT2D eigenvalue weighted by Gasteiger charge is 2.41. The molecule has 0 aliphatic carbocycles. The third-order valence-corrected chi connectivity index (χ3v) is 5.94. The van der Waals surface area contributed by atoms with Crippen molar-refractivity contribution in [3.05, 3.63) is 66.6 Å². The van der Waals surface area contributed by atoms with Gasteiger partial charge >= 0.3 is 0 Å². The van der Waals surface area contributed by atoms with Gasteiger partial charge in [0.15, 0.2) is 0 Å². The smallest absolute Gasteiger partial charge is 0.147 e. The number of anilines is 1. The molecule has 0 radical (unpaired) electrons. The van der Waals surface area contributed by atoms with E-state index in [1.807, 2.05) is 23.3 Å². The molecule has 0 N–H and O–H groups in total. The van der Waals surface area contributed by atoms with E-state index in [-0.39, 0.29) is 5.60 Å². The summed E-state index contributed by atoms with van der Waals surface area (Å²) in [5.41, 5.74) is 2.48. The van der Waals surface area contributed by atoms with Crippen LogP contribution in [-0.4, -0.2) is 45.8 Å². The molecule has 0 atom stereocenters. The second kappa shape index (κ2) is 7.83. The van der Waals surface area contributed by atoms with Crippen LogP contribution in [0.1, 0.15) is 24.0 Å². The van der Waals surface area contributed by atoms with Gasteiger partial charge in [0.25, 0.3) is 0 Å². The average molecular weight is 391 g/mol. The summed E-state index contributed by atoms with van der Waals surface area (Å²) in [4.78, 5) is 15.0. The fourth-order valence-electron chi connectivity index (χ4n) is 4.40. The van der Waals surface area contributed by atoms with Gasteiger partial charge in [-0.3, -0.25) is 4.98 Å². The molecular weight excluding hydrogens is 366 g/mol. The van der Waals surface area contributed by atoms with E-state index < -0.39 is 0 Å². The Bertz CT molecular complexity index is 937. The minimum absolute atomic E-state index is 0.193. The van der Waals surface area contributed by atoms with Crippen molar-refractivity contribution in [2.45, 2.75) is 31.4 Å². The molecule has 7 heteroatoms. The number of benzene rings is 1. The summed E-state index contributed by atoms with van der Waals surface area (Å²) in [6.45, 7) is 4.02. The van der Waals surface area contributed by atoms with Gasteiger partial charge in [-0.15, -0.1) is 0 Å². The lowest BCUT2D eigenvalue weighted by Gasteiger charge is -2.45. The highest BCUT2D eigenvalue weighted by atomic mass is 16.5. The number of imidazole rings is 1. The molecule has 5 rings (SSSR count). The summed E-state index contributed by atoms with van der Waals surface area (Å²) in [6, 6.07) is 6.49. The predicted octanol–water partition coefficient (Wildman–Crippen LogP) is 2.82. The Morgan fingerprint density at radius 2 is 2.03 bits per heavy atom. The Morgan fingerprint density at radius 3 is 2.83 bits per heavy atom. The van der Waals surface area contributed by atoms with Crippen molar-refractivity contribution in [3.8, 4) is 5.75 Å².